The van der Waals surface area contributed by atoms with Crippen LogP contribution in [0.5, 0.6) is 0 Å². The zero-order chi connectivity index (χ0) is 14.7. The number of rotatable bonds is 4. The maximum absolute atomic E-state index is 12.9. The fraction of sp³-hybridized carbons (Fsp3) is 0.154. The van der Waals surface area contributed by atoms with E-state index in [2.05, 4.69) is 10.3 Å². The summed E-state index contributed by atoms with van der Waals surface area (Å²) < 4.78 is 12.9. The lowest BCUT2D eigenvalue weighted by Gasteiger charge is -2.00. The fourth-order valence-corrected chi connectivity index (χ4v) is 2.67. The van der Waals surface area contributed by atoms with Gasteiger partial charge in [0, 0.05) is 17.4 Å². The summed E-state index contributed by atoms with van der Waals surface area (Å²) in [5, 5.41) is 11.8. The number of hydrogen-bond donors (Lipinski definition) is 2. The van der Waals surface area contributed by atoms with Crippen LogP contribution >= 0.6 is 11.3 Å². The van der Waals surface area contributed by atoms with E-state index in [9.17, 15) is 14.0 Å². The highest BCUT2D eigenvalue weighted by molar-refractivity contribution is 7.16. The van der Waals surface area contributed by atoms with E-state index in [1.54, 1.807) is 0 Å². The van der Waals surface area contributed by atoms with Crippen molar-refractivity contribution >= 4 is 28.3 Å². The first-order valence-corrected chi connectivity index (χ1v) is 6.52. The molecule has 0 radical (unpaired) electrons. The maximum atomic E-state index is 12.9. The molecule has 2 rings (SSSR count). The van der Waals surface area contributed by atoms with Crippen molar-refractivity contribution in [3.05, 3.63) is 35.0 Å². The predicted octanol–water partition coefficient (Wildman–Crippen LogP) is 2.53. The summed E-state index contributed by atoms with van der Waals surface area (Å²) in [6.07, 6.45) is -0.204. The smallest absolute Gasteiger partial charge is 0.308 e. The lowest BCUT2D eigenvalue weighted by Crippen LogP contribution is -2.04. The molecule has 1 aromatic heterocycles. The number of benzene rings is 1. The highest BCUT2D eigenvalue weighted by Gasteiger charge is 2.16. The fourth-order valence-electron chi connectivity index (χ4n) is 1.65. The second kappa shape index (κ2) is 5.79. The van der Waals surface area contributed by atoms with Gasteiger partial charge in [-0.3, -0.25) is 9.59 Å². The van der Waals surface area contributed by atoms with Crippen LogP contribution in [0.25, 0.3) is 11.3 Å². The van der Waals surface area contributed by atoms with E-state index in [0.29, 0.717) is 21.3 Å². The molecule has 0 bridgehead atoms. The van der Waals surface area contributed by atoms with Crippen LogP contribution < -0.4 is 5.32 Å². The Bertz CT molecular complexity index is 652. The monoisotopic (exact) mass is 294 g/mol. The van der Waals surface area contributed by atoms with Crippen LogP contribution in [0, 0.1) is 5.82 Å². The van der Waals surface area contributed by atoms with Gasteiger partial charge in [-0.1, -0.05) is 0 Å². The summed E-state index contributed by atoms with van der Waals surface area (Å²) >= 11 is 1.10. The van der Waals surface area contributed by atoms with Crippen molar-refractivity contribution in [2.45, 2.75) is 13.3 Å². The van der Waals surface area contributed by atoms with Crippen LogP contribution in [0.15, 0.2) is 24.3 Å². The van der Waals surface area contributed by atoms with Crippen molar-refractivity contribution in [3.8, 4) is 11.3 Å². The molecule has 0 atom stereocenters. The summed E-state index contributed by atoms with van der Waals surface area (Å²) in [5.74, 6) is -1.66. The lowest BCUT2D eigenvalue weighted by molar-refractivity contribution is -0.136. The number of halogens is 1. The molecule has 0 unspecified atom stereocenters. The molecule has 2 N–H and O–H groups in total. The topological polar surface area (TPSA) is 79.3 Å². The maximum Gasteiger partial charge on any atom is 0.308 e. The summed E-state index contributed by atoms with van der Waals surface area (Å²) in [5.41, 5.74) is 1.05. The van der Waals surface area contributed by atoms with Gasteiger partial charge >= 0.3 is 5.97 Å². The van der Waals surface area contributed by atoms with E-state index in [1.807, 2.05) is 0 Å². The predicted molar refractivity (Wildman–Crippen MR) is 73.2 cm³/mol. The number of aliphatic carboxylic acids is 1. The number of carbonyl (C=O) groups is 2. The average molecular weight is 294 g/mol. The van der Waals surface area contributed by atoms with Gasteiger partial charge in [-0.25, -0.2) is 9.37 Å². The number of nitrogens with one attached hydrogen (secondary N) is 1. The van der Waals surface area contributed by atoms with Crippen molar-refractivity contribution in [1.29, 1.82) is 0 Å². The molecule has 0 spiro atoms. The first kappa shape index (κ1) is 14.1. The summed E-state index contributed by atoms with van der Waals surface area (Å²) in [6.45, 7) is 1.34. The number of carboxylic acids is 1. The first-order valence-electron chi connectivity index (χ1n) is 5.70. The Morgan fingerprint density at radius 2 is 2.00 bits per heavy atom. The molecule has 5 nitrogen and oxygen atoms in total. The summed E-state index contributed by atoms with van der Waals surface area (Å²) in [4.78, 5) is 26.6. The molecule has 20 heavy (non-hydrogen) atoms. The number of nitrogens with zero attached hydrogens (tertiary/aromatic N) is 1. The Kier molecular flexibility index (Phi) is 4.09. The second-order valence-electron chi connectivity index (χ2n) is 4.05. The largest absolute Gasteiger partial charge is 0.481 e. The SMILES string of the molecule is CC(=O)Nc1nc(-c2ccc(F)cc2)c(CC(=O)O)s1. The van der Waals surface area contributed by atoms with Gasteiger partial charge in [-0.2, -0.15) is 0 Å². The molecule has 0 saturated heterocycles. The third-order valence-electron chi connectivity index (χ3n) is 2.41. The van der Waals surface area contributed by atoms with Crippen LogP contribution in [-0.2, 0) is 16.0 Å². The molecule has 1 aromatic carbocycles. The number of carbonyl (C=O) groups excluding carboxylic acids is 1. The molecule has 7 heteroatoms. The molecule has 0 saturated carbocycles. The Morgan fingerprint density at radius 3 is 2.55 bits per heavy atom. The van der Waals surface area contributed by atoms with E-state index in [1.165, 1.54) is 31.2 Å². The van der Waals surface area contributed by atoms with E-state index in [4.69, 9.17) is 5.11 Å². The summed E-state index contributed by atoms with van der Waals surface area (Å²) in [7, 11) is 0. The zero-order valence-electron chi connectivity index (χ0n) is 10.5. The quantitative estimate of drug-likeness (QED) is 0.908. The van der Waals surface area contributed by atoms with E-state index >= 15 is 0 Å². The van der Waals surface area contributed by atoms with Gasteiger partial charge in [-0.15, -0.1) is 11.3 Å². The number of aromatic nitrogens is 1. The second-order valence-corrected chi connectivity index (χ2v) is 5.13. The Morgan fingerprint density at radius 1 is 1.35 bits per heavy atom. The van der Waals surface area contributed by atoms with Crippen LogP contribution in [0.4, 0.5) is 9.52 Å². The van der Waals surface area contributed by atoms with Gasteiger partial charge in [0.15, 0.2) is 5.13 Å². The van der Waals surface area contributed by atoms with Crippen LogP contribution in [0.3, 0.4) is 0 Å². The number of carboxylic acid groups (broad SMARTS) is 1. The van der Waals surface area contributed by atoms with Crippen molar-refractivity contribution in [2.75, 3.05) is 5.32 Å². The van der Waals surface area contributed by atoms with E-state index in [-0.39, 0.29) is 18.1 Å². The third-order valence-corrected chi connectivity index (χ3v) is 3.38. The number of thiazole rings is 1. The average Bonchev–Trinajstić information content (AvgIpc) is 2.71. The van der Waals surface area contributed by atoms with Gasteiger partial charge in [0.2, 0.25) is 5.91 Å². The first-order chi connectivity index (χ1) is 9.45. The Hall–Kier alpha value is -2.28. The van der Waals surface area contributed by atoms with Crippen molar-refractivity contribution < 1.29 is 19.1 Å². The minimum Gasteiger partial charge on any atom is -0.481 e. The highest BCUT2D eigenvalue weighted by Crippen LogP contribution is 2.31. The minimum absolute atomic E-state index is 0.204. The van der Waals surface area contributed by atoms with Crippen molar-refractivity contribution in [3.63, 3.8) is 0 Å². The normalized spacial score (nSPS) is 10.3. The molecule has 1 amide bonds. The van der Waals surface area contributed by atoms with Crippen LogP contribution in [0.1, 0.15) is 11.8 Å². The van der Waals surface area contributed by atoms with Gasteiger partial charge in [0.1, 0.15) is 5.82 Å². The minimum atomic E-state index is -0.994. The molecule has 104 valence electrons. The Labute approximate surface area is 118 Å². The Balaban J connectivity index is 2.43. The molecule has 1 heterocycles. The van der Waals surface area contributed by atoms with Gasteiger partial charge < -0.3 is 10.4 Å². The number of amides is 1. The van der Waals surface area contributed by atoms with Gasteiger partial charge in [0.05, 0.1) is 12.1 Å². The highest BCUT2D eigenvalue weighted by atomic mass is 32.1. The lowest BCUT2D eigenvalue weighted by atomic mass is 10.1. The molecule has 0 aliphatic heterocycles. The standard InChI is InChI=1S/C13H11FN2O3S/c1-7(17)15-13-16-12(10(20-13)6-11(18)19)8-2-4-9(14)5-3-8/h2-5H,6H2,1H3,(H,18,19)(H,15,16,17). The van der Waals surface area contributed by atoms with Crippen molar-refractivity contribution in [2.24, 2.45) is 0 Å². The van der Waals surface area contributed by atoms with E-state index in [0.717, 1.165) is 11.3 Å². The van der Waals surface area contributed by atoms with E-state index < -0.39 is 5.97 Å². The van der Waals surface area contributed by atoms with Gasteiger partial charge in [-0.05, 0) is 24.3 Å². The molecule has 0 fully saturated rings. The summed E-state index contributed by atoms with van der Waals surface area (Å²) in [6, 6.07) is 5.59. The molecule has 2 aromatic rings. The van der Waals surface area contributed by atoms with Gasteiger partial charge in [0.25, 0.3) is 0 Å². The third kappa shape index (κ3) is 3.39. The number of hydrogen-bond acceptors (Lipinski definition) is 4. The van der Waals surface area contributed by atoms with Crippen molar-refractivity contribution in [1.82, 2.24) is 4.98 Å². The van der Waals surface area contributed by atoms with Crippen LogP contribution in [0.2, 0.25) is 0 Å². The molecular formula is C13H11FN2O3S. The molecule has 0 aliphatic carbocycles. The van der Waals surface area contributed by atoms with Crippen LogP contribution in [-0.4, -0.2) is 22.0 Å². The molecular weight excluding hydrogens is 283 g/mol. The number of anilines is 1. The zero-order valence-corrected chi connectivity index (χ0v) is 11.3. The molecule has 0 aliphatic rings.